The number of ether oxygens (including phenoxy) is 1. The molecule has 0 aromatic heterocycles. The third-order valence-electron chi connectivity index (χ3n) is 1.10. The Morgan fingerprint density at radius 2 is 1.83 bits per heavy atom. The highest BCUT2D eigenvalue weighted by molar-refractivity contribution is 5.83. The predicted molar refractivity (Wildman–Crippen MR) is 43.4 cm³/mol. The lowest BCUT2D eigenvalue weighted by molar-refractivity contribution is -0.119. The smallest absolute Gasteiger partial charge is 0.408 e. The van der Waals surface area contributed by atoms with Crippen LogP contribution in [-0.4, -0.2) is 24.1 Å². The summed E-state index contributed by atoms with van der Waals surface area (Å²) in [6.07, 6.45) is -0.832. The minimum Gasteiger partial charge on any atom is -0.447 e. The number of amides is 2. The van der Waals surface area contributed by atoms with Crippen molar-refractivity contribution in [2.24, 2.45) is 5.73 Å². The van der Waals surface area contributed by atoms with Gasteiger partial charge in [-0.3, -0.25) is 4.79 Å². The van der Waals surface area contributed by atoms with E-state index >= 15 is 0 Å². The fourth-order valence-electron chi connectivity index (χ4n) is 0.496. The maximum Gasteiger partial charge on any atom is 0.408 e. The van der Waals surface area contributed by atoms with Gasteiger partial charge in [0.05, 0.1) is 6.10 Å². The van der Waals surface area contributed by atoms with Crippen LogP contribution in [0.25, 0.3) is 0 Å². The van der Waals surface area contributed by atoms with Crippen LogP contribution in [0, 0.1) is 0 Å². The first-order valence-electron chi connectivity index (χ1n) is 3.70. The fraction of sp³-hybridized carbons (Fsp3) is 0.714. The average Bonchev–Trinajstić information content (AvgIpc) is 1.84. The molecule has 3 N–H and O–H groups in total. The molecule has 1 atom stereocenters. The number of rotatable bonds is 3. The number of hydrogen-bond acceptors (Lipinski definition) is 3. The lowest BCUT2D eigenvalue weighted by Gasteiger charge is -2.12. The Bertz CT molecular complexity index is 179. The van der Waals surface area contributed by atoms with Crippen LogP contribution in [-0.2, 0) is 9.53 Å². The van der Waals surface area contributed by atoms with Gasteiger partial charge in [-0.2, -0.15) is 0 Å². The SMILES string of the molecule is CC(C)OC(=O)NC(C)C(N)=O. The number of hydrogen-bond donors (Lipinski definition) is 2. The molecule has 0 heterocycles. The number of carbonyl (C=O) groups excluding carboxylic acids is 2. The zero-order chi connectivity index (χ0) is 9.72. The average molecular weight is 174 g/mol. The molecule has 0 aromatic carbocycles. The van der Waals surface area contributed by atoms with E-state index in [9.17, 15) is 9.59 Å². The molecule has 0 bridgehead atoms. The van der Waals surface area contributed by atoms with Crippen molar-refractivity contribution >= 4 is 12.0 Å². The zero-order valence-corrected chi connectivity index (χ0v) is 7.46. The Morgan fingerprint density at radius 3 is 2.17 bits per heavy atom. The van der Waals surface area contributed by atoms with Gasteiger partial charge in [-0.1, -0.05) is 0 Å². The molecule has 2 amide bonds. The first-order chi connectivity index (χ1) is 5.43. The second-order valence-electron chi connectivity index (χ2n) is 2.72. The molecule has 0 aliphatic carbocycles. The molecule has 70 valence electrons. The summed E-state index contributed by atoms with van der Waals surface area (Å²) in [5.41, 5.74) is 4.91. The second-order valence-corrected chi connectivity index (χ2v) is 2.72. The highest BCUT2D eigenvalue weighted by Crippen LogP contribution is 1.89. The van der Waals surface area contributed by atoms with Gasteiger partial charge in [0.15, 0.2) is 0 Å². The van der Waals surface area contributed by atoms with E-state index in [0.29, 0.717) is 0 Å². The van der Waals surface area contributed by atoms with Crippen molar-refractivity contribution in [1.29, 1.82) is 0 Å². The quantitative estimate of drug-likeness (QED) is 0.631. The van der Waals surface area contributed by atoms with Crippen molar-refractivity contribution in [3.63, 3.8) is 0 Å². The van der Waals surface area contributed by atoms with Gasteiger partial charge in [-0.05, 0) is 20.8 Å². The van der Waals surface area contributed by atoms with Crippen molar-refractivity contribution in [3.8, 4) is 0 Å². The summed E-state index contributed by atoms with van der Waals surface area (Å²) < 4.78 is 4.71. The maximum atomic E-state index is 10.8. The molecule has 0 saturated carbocycles. The molecule has 12 heavy (non-hydrogen) atoms. The van der Waals surface area contributed by atoms with Crippen molar-refractivity contribution in [2.45, 2.75) is 32.9 Å². The minimum atomic E-state index is -0.698. The molecule has 0 spiro atoms. The summed E-state index contributed by atoms with van der Waals surface area (Å²) in [5.74, 6) is -0.587. The van der Waals surface area contributed by atoms with Crippen LogP contribution >= 0.6 is 0 Å². The third kappa shape index (κ3) is 4.54. The minimum absolute atomic E-state index is 0.204. The Hall–Kier alpha value is -1.26. The molecule has 5 heteroatoms. The number of carbonyl (C=O) groups is 2. The molecule has 0 fully saturated rings. The number of alkyl carbamates (subject to hydrolysis) is 1. The van der Waals surface area contributed by atoms with Gasteiger partial charge in [0.1, 0.15) is 6.04 Å². The topological polar surface area (TPSA) is 81.4 Å². The largest absolute Gasteiger partial charge is 0.447 e. The molecule has 0 aliphatic rings. The monoisotopic (exact) mass is 174 g/mol. The Morgan fingerprint density at radius 1 is 1.33 bits per heavy atom. The molecule has 0 radical (unpaired) electrons. The van der Waals surface area contributed by atoms with Crippen molar-refractivity contribution < 1.29 is 14.3 Å². The summed E-state index contributed by atoms with van der Waals surface area (Å²) >= 11 is 0. The first-order valence-corrected chi connectivity index (χ1v) is 3.70. The van der Waals surface area contributed by atoms with E-state index in [1.165, 1.54) is 6.92 Å². The van der Waals surface area contributed by atoms with E-state index in [1.54, 1.807) is 13.8 Å². The predicted octanol–water partition coefficient (Wildman–Crippen LogP) is -0.00520. The fourth-order valence-corrected chi connectivity index (χ4v) is 0.496. The van der Waals surface area contributed by atoms with Crippen LogP contribution < -0.4 is 11.1 Å². The normalized spacial score (nSPS) is 12.3. The summed E-state index contributed by atoms with van der Waals surface area (Å²) in [5, 5.41) is 2.27. The van der Waals surface area contributed by atoms with Crippen LogP contribution in [0.4, 0.5) is 4.79 Å². The van der Waals surface area contributed by atoms with E-state index in [0.717, 1.165) is 0 Å². The Kier molecular flexibility index (Phi) is 4.10. The molecule has 0 rings (SSSR count). The third-order valence-corrected chi connectivity index (χ3v) is 1.10. The highest BCUT2D eigenvalue weighted by Gasteiger charge is 2.13. The van der Waals surface area contributed by atoms with Crippen molar-refractivity contribution in [3.05, 3.63) is 0 Å². The van der Waals surface area contributed by atoms with Crippen LogP contribution in [0.5, 0.6) is 0 Å². The van der Waals surface area contributed by atoms with Crippen molar-refractivity contribution in [2.75, 3.05) is 0 Å². The molecule has 0 aliphatic heterocycles. The molecule has 0 saturated heterocycles. The Balaban J connectivity index is 3.77. The van der Waals surface area contributed by atoms with Crippen LogP contribution in [0.1, 0.15) is 20.8 Å². The molecule has 1 unspecified atom stereocenters. The lowest BCUT2D eigenvalue weighted by Crippen LogP contribution is -2.43. The lowest BCUT2D eigenvalue weighted by atomic mass is 10.3. The summed E-state index contributed by atoms with van der Waals surface area (Å²) in [6, 6.07) is -0.698. The second kappa shape index (κ2) is 4.58. The number of nitrogens with two attached hydrogens (primary N) is 1. The zero-order valence-electron chi connectivity index (χ0n) is 7.46. The molecule has 0 aromatic rings. The van der Waals surface area contributed by atoms with Crippen LogP contribution in [0.3, 0.4) is 0 Å². The van der Waals surface area contributed by atoms with E-state index in [4.69, 9.17) is 10.5 Å². The maximum absolute atomic E-state index is 10.8. The van der Waals surface area contributed by atoms with Crippen LogP contribution in [0.15, 0.2) is 0 Å². The molecular formula is C7H14N2O3. The number of primary amides is 1. The molecule has 5 nitrogen and oxygen atoms in total. The van der Waals surface area contributed by atoms with E-state index < -0.39 is 18.0 Å². The van der Waals surface area contributed by atoms with Gasteiger partial charge < -0.3 is 15.8 Å². The van der Waals surface area contributed by atoms with Gasteiger partial charge in [-0.15, -0.1) is 0 Å². The van der Waals surface area contributed by atoms with E-state index in [-0.39, 0.29) is 6.10 Å². The molecular weight excluding hydrogens is 160 g/mol. The van der Waals surface area contributed by atoms with Gasteiger partial charge in [0.2, 0.25) is 5.91 Å². The Labute approximate surface area is 71.3 Å². The van der Waals surface area contributed by atoms with Gasteiger partial charge in [0.25, 0.3) is 0 Å². The van der Waals surface area contributed by atoms with Gasteiger partial charge in [0, 0.05) is 0 Å². The van der Waals surface area contributed by atoms with E-state index in [2.05, 4.69) is 5.32 Å². The number of nitrogens with one attached hydrogen (secondary N) is 1. The van der Waals surface area contributed by atoms with Crippen molar-refractivity contribution in [1.82, 2.24) is 5.32 Å². The highest BCUT2D eigenvalue weighted by atomic mass is 16.6. The standard InChI is InChI=1S/C7H14N2O3/c1-4(2)12-7(11)9-5(3)6(8)10/h4-5H,1-3H3,(H2,8,10)(H,9,11). The summed E-state index contributed by atoms with van der Waals surface area (Å²) in [4.78, 5) is 21.3. The van der Waals surface area contributed by atoms with Gasteiger partial charge >= 0.3 is 6.09 Å². The summed E-state index contributed by atoms with van der Waals surface area (Å²) in [6.45, 7) is 4.92. The van der Waals surface area contributed by atoms with Gasteiger partial charge in [-0.25, -0.2) is 4.79 Å². The van der Waals surface area contributed by atoms with E-state index in [1.807, 2.05) is 0 Å². The first kappa shape index (κ1) is 10.7. The van der Waals surface area contributed by atoms with Crippen LogP contribution in [0.2, 0.25) is 0 Å². The summed E-state index contributed by atoms with van der Waals surface area (Å²) in [7, 11) is 0.